The van der Waals surface area contributed by atoms with Gasteiger partial charge in [-0.25, -0.2) is 17.6 Å². The predicted octanol–water partition coefficient (Wildman–Crippen LogP) is 7.44. The molecule has 0 saturated carbocycles. The first-order valence-electron chi connectivity index (χ1n) is 10.2. The van der Waals surface area contributed by atoms with E-state index in [1.54, 1.807) is 67.6 Å². The Hall–Kier alpha value is -3.14. The van der Waals surface area contributed by atoms with E-state index in [1.807, 2.05) is 18.2 Å². The summed E-state index contributed by atoms with van der Waals surface area (Å²) >= 11 is 0. The van der Waals surface area contributed by atoms with Crippen molar-refractivity contribution in [2.45, 2.75) is 32.1 Å². The molecule has 3 aromatic rings. The van der Waals surface area contributed by atoms with Crippen LogP contribution in [0.15, 0.2) is 84.5 Å². The quantitative estimate of drug-likeness (QED) is 0.375. The van der Waals surface area contributed by atoms with Crippen molar-refractivity contribution in [1.82, 2.24) is 0 Å². The molecule has 2 unspecified atom stereocenters. The minimum Gasteiger partial charge on any atom is -0.239 e. The van der Waals surface area contributed by atoms with E-state index in [0.29, 0.717) is 40.7 Å². The van der Waals surface area contributed by atoms with Crippen molar-refractivity contribution >= 4 is 5.57 Å². The van der Waals surface area contributed by atoms with E-state index in [0.717, 1.165) is 5.56 Å². The number of hydrogen-bond donors (Lipinski definition) is 0. The molecule has 0 fully saturated rings. The molecule has 0 amide bonds. The van der Waals surface area contributed by atoms with Gasteiger partial charge in [-0.15, -0.1) is 0 Å². The van der Waals surface area contributed by atoms with Gasteiger partial charge in [0.1, 0.15) is 0 Å². The summed E-state index contributed by atoms with van der Waals surface area (Å²) < 4.78 is 57.5. The van der Waals surface area contributed by atoms with Crippen molar-refractivity contribution < 1.29 is 17.6 Å². The van der Waals surface area contributed by atoms with Crippen molar-refractivity contribution in [2.75, 3.05) is 0 Å². The smallest absolute Gasteiger partial charge is 0.166 e. The van der Waals surface area contributed by atoms with Crippen molar-refractivity contribution in [3.63, 3.8) is 0 Å². The molecule has 2 atom stereocenters. The van der Waals surface area contributed by atoms with Crippen LogP contribution in [0.4, 0.5) is 17.6 Å². The summed E-state index contributed by atoms with van der Waals surface area (Å²) in [5.74, 6) is -1.68. The molecular weight excluding hydrogens is 400 g/mol. The first-order chi connectivity index (χ1) is 15.0. The van der Waals surface area contributed by atoms with Gasteiger partial charge < -0.3 is 0 Å². The molecule has 0 heterocycles. The van der Waals surface area contributed by atoms with Gasteiger partial charge in [-0.1, -0.05) is 78.9 Å². The average Bonchev–Trinajstić information content (AvgIpc) is 2.80. The zero-order chi connectivity index (χ0) is 22.0. The second kappa shape index (κ2) is 8.93. The highest BCUT2D eigenvalue weighted by Crippen LogP contribution is 2.32. The Bertz CT molecular complexity index is 1130. The number of alkyl halides is 2. The zero-order valence-corrected chi connectivity index (χ0v) is 17.1. The molecule has 0 radical (unpaired) electrons. The van der Waals surface area contributed by atoms with Crippen LogP contribution >= 0.6 is 0 Å². The lowest BCUT2D eigenvalue weighted by Gasteiger charge is -2.21. The molecule has 0 aliphatic heterocycles. The van der Waals surface area contributed by atoms with Crippen LogP contribution in [-0.4, -0.2) is 12.3 Å². The fraction of sp³-hybridized carbons (Fsp3) is 0.185. The fourth-order valence-electron chi connectivity index (χ4n) is 3.82. The lowest BCUT2D eigenvalue weighted by molar-refractivity contribution is 0.242. The maximum absolute atomic E-state index is 14.6. The van der Waals surface area contributed by atoms with E-state index in [4.69, 9.17) is 0 Å². The van der Waals surface area contributed by atoms with Crippen LogP contribution in [0.5, 0.6) is 0 Å². The Kier molecular flexibility index (Phi) is 6.08. The minimum atomic E-state index is -1.68. The maximum Gasteiger partial charge on any atom is 0.166 e. The molecule has 4 rings (SSSR count). The third kappa shape index (κ3) is 4.34. The molecule has 0 N–H and O–H groups in total. The third-order valence-electron chi connectivity index (χ3n) is 5.73. The van der Waals surface area contributed by atoms with Crippen molar-refractivity contribution in [3.05, 3.63) is 113 Å². The Labute approximate surface area is 179 Å². The van der Waals surface area contributed by atoms with E-state index in [9.17, 15) is 17.6 Å². The van der Waals surface area contributed by atoms with Crippen LogP contribution in [0.3, 0.4) is 0 Å². The molecule has 158 valence electrons. The minimum absolute atomic E-state index is 0.239. The molecule has 0 spiro atoms. The SMILES string of the molecule is CC1=CC=C(c2ccc(CCc3ccc(-c4ccccc4)c(F)c3F)cc2)C(F)C1F. The largest absolute Gasteiger partial charge is 0.239 e. The van der Waals surface area contributed by atoms with Gasteiger partial charge in [0.15, 0.2) is 24.0 Å². The highest BCUT2D eigenvalue weighted by molar-refractivity contribution is 5.73. The summed E-state index contributed by atoms with van der Waals surface area (Å²) in [4.78, 5) is 0. The second-order valence-corrected chi connectivity index (χ2v) is 7.80. The molecule has 1 aliphatic rings. The van der Waals surface area contributed by atoms with E-state index in [-0.39, 0.29) is 5.56 Å². The van der Waals surface area contributed by atoms with Gasteiger partial charge in [0.05, 0.1) is 0 Å². The van der Waals surface area contributed by atoms with Crippen LogP contribution in [0.25, 0.3) is 16.7 Å². The normalized spacial score (nSPS) is 18.5. The van der Waals surface area contributed by atoms with Gasteiger partial charge in [-0.2, -0.15) is 0 Å². The Morgan fingerprint density at radius 1 is 0.677 bits per heavy atom. The summed E-state index contributed by atoms with van der Waals surface area (Å²) in [5, 5.41) is 0. The summed E-state index contributed by atoms with van der Waals surface area (Å²) in [5.41, 5.74) is 3.39. The number of allylic oxidation sites excluding steroid dienone is 4. The standard InChI is InChI=1S/C27H22F4/c1-17-7-15-22(26(30)24(17)28)20-11-8-18(9-12-20)10-13-21-14-16-23(27(31)25(21)29)19-5-3-2-4-6-19/h2-9,11-12,14-16,24,26H,10,13H2,1H3. The molecule has 31 heavy (non-hydrogen) atoms. The Morgan fingerprint density at radius 2 is 1.39 bits per heavy atom. The molecule has 4 heteroatoms. The Morgan fingerprint density at radius 3 is 2.10 bits per heavy atom. The lowest BCUT2D eigenvalue weighted by Crippen LogP contribution is -2.22. The topological polar surface area (TPSA) is 0 Å². The molecule has 0 aromatic heterocycles. The first-order valence-corrected chi connectivity index (χ1v) is 10.2. The number of benzene rings is 3. The van der Waals surface area contributed by atoms with Crippen LogP contribution in [-0.2, 0) is 12.8 Å². The predicted molar refractivity (Wildman–Crippen MR) is 117 cm³/mol. The summed E-state index contributed by atoms with van der Waals surface area (Å²) in [6.07, 6.45) is 0.731. The number of rotatable bonds is 5. The second-order valence-electron chi connectivity index (χ2n) is 7.80. The van der Waals surface area contributed by atoms with Gasteiger partial charge in [0.25, 0.3) is 0 Å². The Balaban J connectivity index is 1.47. The van der Waals surface area contributed by atoms with E-state index >= 15 is 0 Å². The lowest BCUT2D eigenvalue weighted by atomic mass is 9.90. The van der Waals surface area contributed by atoms with Crippen LogP contribution in [0.1, 0.15) is 23.6 Å². The molecule has 1 aliphatic carbocycles. The van der Waals surface area contributed by atoms with Gasteiger partial charge in [0.2, 0.25) is 0 Å². The van der Waals surface area contributed by atoms with Crippen LogP contribution in [0, 0.1) is 11.6 Å². The summed E-state index contributed by atoms with van der Waals surface area (Å²) in [7, 11) is 0. The highest BCUT2D eigenvalue weighted by atomic mass is 19.2. The molecular formula is C27H22F4. The monoisotopic (exact) mass is 422 g/mol. The third-order valence-corrected chi connectivity index (χ3v) is 5.73. The van der Waals surface area contributed by atoms with Gasteiger partial charge in [-0.3, -0.25) is 0 Å². The maximum atomic E-state index is 14.6. The number of aryl methyl sites for hydroxylation is 2. The average molecular weight is 422 g/mol. The van der Waals surface area contributed by atoms with E-state index in [1.165, 1.54) is 0 Å². The van der Waals surface area contributed by atoms with Crippen LogP contribution < -0.4 is 0 Å². The van der Waals surface area contributed by atoms with Gasteiger partial charge in [0, 0.05) is 5.56 Å². The molecule has 0 nitrogen and oxygen atoms in total. The van der Waals surface area contributed by atoms with E-state index < -0.39 is 24.0 Å². The number of halogens is 4. The van der Waals surface area contributed by atoms with Gasteiger partial charge in [-0.05, 0) is 53.2 Å². The van der Waals surface area contributed by atoms with Gasteiger partial charge >= 0.3 is 0 Å². The van der Waals surface area contributed by atoms with Crippen molar-refractivity contribution in [1.29, 1.82) is 0 Å². The number of hydrogen-bond acceptors (Lipinski definition) is 0. The fourth-order valence-corrected chi connectivity index (χ4v) is 3.82. The van der Waals surface area contributed by atoms with Crippen molar-refractivity contribution in [3.8, 4) is 11.1 Å². The van der Waals surface area contributed by atoms with Crippen LogP contribution in [0.2, 0.25) is 0 Å². The molecule has 3 aromatic carbocycles. The van der Waals surface area contributed by atoms with Crippen molar-refractivity contribution in [2.24, 2.45) is 0 Å². The molecule has 0 bridgehead atoms. The first kappa shape index (κ1) is 21.1. The zero-order valence-electron chi connectivity index (χ0n) is 17.1. The summed E-state index contributed by atoms with van der Waals surface area (Å²) in [6.45, 7) is 1.57. The summed E-state index contributed by atoms with van der Waals surface area (Å²) in [6, 6.07) is 19.2. The highest BCUT2D eigenvalue weighted by Gasteiger charge is 2.29. The van der Waals surface area contributed by atoms with E-state index in [2.05, 4.69) is 0 Å². The molecule has 0 saturated heterocycles.